The van der Waals surface area contributed by atoms with E-state index >= 15 is 0 Å². The van der Waals surface area contributed by atoms with Crippen LogP contribution in [0.5, 0.6) is 0 Å². The van der Waals surface area contributed by atoms with Gasteiger partial charge < -0.3 is 15.7 Å². The zero-order chi connectivity index (χ0) is 18.8. The molecule has 8 heteroatoms. The lowest BCUT2D eigenvalue weighted by Crippen LogP contribution is -2.54. The molecule has 25 heavy (non-hydrogen) atoms. The van der Waals surface area contributed by atoms with Crippen LogP contribution < -0.4 is 10.6 Å². The van der Waals surface area contributed by atoms with Crippen LogP contribution in [0.1, 0.15) is 52.9 Å². The van der Waals surface area contributed by atoms with E-state index in [2.05, 4.69) is 10.6 Å². The first-order valence-electron chi connectivity index (χ1n) is 8.89. The molecule has 1 aliphatic heterocycles. The van der Waals surface area contributed by atoms with Crippen molar-refractivity contribution in [2.45, 2.75) is 64.5 Å². The average molecular weight is 353 g/mol. The van der Waals surface area contributed by atoms with Crippen LogP contribution in [0.3, 0.4) is 0 Å². The molecule has 1 spiro atoms. The van der Waals surface area contributed by atoms with Gasteiger partial charge in [-0.25, -0.2) is 9.59 Å². The number of carboxylic acids is 1. The SMILES string of the molecule is CC[C@H](C)[C@H](NC(=O)CN1C(=O)NC2(CCCCC2C)C1=O)C(=O)O. The minimum Gasteiger partial charge on any atom is -0.480 e. The van der Waals surface area contributed by atoms with Crippen LogP contribution in [0, 0.1) is 11.8 Å². The van der Waals surface area contributed by atoms with Gasteiger partial charge in [0.05, 0.1) is 0 Å². The minimum atomic E-state index is -1.13. The van der Waals surface area contributed by atoms with E-state index in [0.29, 0.717) is 12.8 Å². The molecule has 4 amide bonds. The smallest absolute Gasteiger partial charge is 0.326 e. The van der Waals surface area contributed by atoms with E-state index in [9.17, 15) is 24.3 Å². The topological polar surface area (TPSA) is 116 Å². The first-order chi connectivity index (χ1) is 11.7. The summed E-state index contributed by atoms with van der Waals surface area (Å²) < 4.78 is 0. The maximum Gasteiger partial charge on any atom is 0.326 e. The fourth-order valence-electron chi connectivity index (χ4n) is 3.68. The Kier molecular flexibility index (Phi) is 5.69. The van der Waals surface area contributed by atoms with Crippen molar-refractivity contribution >= 4 is 23.8 Å². The molecule has 2 aliphatic rings. The highest BCUT2D eigenvalue weighted by Crippen LogP contribution is 2.38. The monoisotopic (exact) mass is 353 g/mol. The third-order valence-electron chi connectivity index (χ3n) is 5.60. The molecule has 3 N–H and O–H groups in total. The summed E-state index contributed by atoms with van der Waals surface area (Å²) in [4.78, 5) is 49.5. The second-order valence-electron chi connectivity index (χ2n) is 7.21. The van der Waals surface area contributed by atoms with Gasteiger partial charge in [-0.2, -0.15) is 0 Å². The third-order valence-corrected chi connectivity index (χ3v) is 5.60. The summed E-state index contributed by atoms with van der Waals surface area (Å²) in [5.41, 5.74) is -0.918. The fourth-order valence-corrected chi connectivity index (χ4v) is 3.68. The van der Waals surface area contributed by atoms with Crippen molar-refractivity contribution in [3.05, 3.63) is 0 Å². The number of nitrogens with one attached hydrogen (secondary N) is 2. The second kappa shape index (κ2) is 7.41. The second-order valence-corrected chi connectivity index (χ2v) is 7.21. The number of carbonyl (C=O) groups excluding carboxylic acids is 3. The molecule has 0 aromatic heterocycles. The first kappa shape index (κ1) is 19.2. The molecule has 1 aliphatic carbocycles. The van der Waals surface area contributed by atoms with Crippen LogP contribution in [0.15, 0.2) is 0 Å². The van der Waals surface area contributed by atoms with E-state index in [1.807, 2.05) is 13.8 Å². The number of imide groups is 1. The Hall–Kier alpha value is -2.12. The molecule has 0 aromatic rings. The molecule has 2 fully saturated rings. The quantitative estimate of drug-likeness (QED) is 0.619. The van der Waals surface area contributed by atoms with Gasteiger partial charge in [-0.15, -0.1) is 0 Å². The highest BCUT2D eigenvalue weighted by Gasteiger charge is 2.55. The number of amides is 4. The molecule has 0 radical (unpaired) electrons. The van der Waals surface area contributed by atoms with E-state index in [1.165, 1.54) is 0 Å². The number of hydrogen-bond acceptors (Lipinski definition) is 4. The first-order valence-corrected chi connectivity index (χ1v) is 8.89. The number of hydrogen-bond donors (Lipinski definition) is 3. The van der Waals surface area contributed by atoms with Gasteiger partial charge >= 0.3 is 12.0 Å². The van der Waals surface area contributed by atoms with E-state index < -0.39 is 36.0 Å². The van der Waals surface area contributed by atoms with Crippen molar-refractivity contribution in [1.82, 2.24) is 15.5 Å². The molecule has 4 atom stereocenters. The van der Waals surface area contributed by atoms with Gasteiger partial charge in [0, 0.05) is 0 Å². The molecule has 1 saturated heterocycles. The van der Waals surface area contributed by atoms with E-state index in [4.69, 9.17) is 0 Å². The molecule has 2 unspecified atom stereocenters. The summed E-state index contributed by atoms with van der Waals surface area (Å²) in [6, 6.07) is -1.62. The highest BCUT2D eigenvalue weighted by molar-refractivity contribution is 6.09. The molecule has 0 aromatic carbocycles. The molecule has 1 heterocycles. The van der Waals surface area contributed by atoms with Crippen molar-refractivity contribution in [3.8, 4) is 0 Å². The Bertz CT molecular complexity index is 579. The molecule has 140 valence electrons. The van der Waals surface area contributed by atoms with Gasteiger partial charge in [0.2, 0.25) is 5.91 Å². The number of urea groups is 1. The van der Waals surface area contributed by atoms with Gasteiger partial charge in [0.15, 0.2) is 0 Å². The minimum absolute atomic E-state index is 0.0117. The molecule has 2 rings (SSSR count). The van der Waals surface area contributed by atoms with Gasteiger partial charge in [-0.3, -0.25) is 14.5 Å². The van der Waals surface area contributed by atoms with Crippen LogP contribution in [0.25, 0.3) is 0 Å². The number of nitrogens with zero attached hydrogens (tertiary/aromatic N) is 1. The van der Waals surface area contributed by atoms with Crippen molar-refractivity contribution in [1.29, 1.82) is 0 Å². The van der Waals surface area contributed by atoms with Gasteiger partial charge in [0.25, 0.3) is 5.91 Å². The van der Waals surface area contributed by atoms with Crippen LogP contribution in [0.4, 0.5) is 4.79 Å². The Morgan fingerprint density at radius 2 is 2.08 bits per heavy atom. The normalized spacial score (nSPS) is 28.6. The Balaban J connectivity index is 2.07. The van der Waals surface area contributed by atoms with Crippen molar-refractivity contribution in [2.24, 2.45) is 11.8 Å². The lowest BCUT2D eigenvalue weighted by Gasteiger charge is -2.36. The van der Waals surface area contributed by atoms with Gasteiger partial charge in [0.1, 0.15) is 18.1 Å². The molecule has 8 nitrogen and oxygen atoms in total. The molecular weight excluding hydrogens is 326 g/mol. The summed E-state index contributed by atoms with van der Waals surface area (Å²) in [6.45, 7) is 5.04. The third kappa shape index (κ3) is 3.62. The van der Waals surface area contributed by atoms with E-state index in [0.717, 1.165) is 24.2 Å². The Morgan fingerprint density at radius 1 is 1.40 bits per heavy atom. The van der Waals surface area contributed by atoms with Crippen molar-refractivity contribution < 1.29 is 24.3 Å². The number of aliphatic carboxylic acids is 1. The van der Waals surface area contributed by atoms with Crippen LogP contribution >= 0.6 is 0 Å². The molecular formula is C17H27N3O5. The fraction of sp³-hybridized carbons (Fsp3) is 0.765. The molecule has 0 bridgehead atoms. The zero-order valence-electron chi connectivity index (χ0n) is 15.0. The molecule has 1 saturated carbocycles. The maximum atomic E-state index is 12.8. The zero-order valence-corrected chi connectivity index (χ0v) is 15.0. The largest absolute Gasteiger partial charge is 0.480 e. The summed E-state index contributed by atoms with van der Waals surface area (Å²) >= 11 is 0. The van der Waals surface area contributed by atoms with Crippen LogP contribution in [-0.4, -0.2) is 51.9 Å². The van der Waals surface area contributed by atoms with Crippen molar-refractivity contribution in [3.63, 3.8) is 0 Å². The highest BCUT2D eigenvalue weighted by atomic mass is 16.4. The number of rotatable bonds is 6. The Morgan fingerprint density at radius 3 is 2.64 bits per heavy atom. The standard InChI is InChI=1S/C17H27N3O5/c1-4-10(2)13(14(22)23)18-12(21)9-20-15(24)17(19-16(20)25)8-6-5-7-11(17)3/h10-11,13H,4-9H2,1-3H3,(H,18,21)(H,19,25)(H,22,23)/t10-,11?,13-,17?/m0/s1. The summed E-state index contributed by atoms with van der Waals surface area (Å²) in [6.07, 6.45) is 3.87. The lowest BCUT2D eigenvalue weighted by molar-refractivity contribution is -0.143. The summed E-state index contributed by atoms with van der Waals surface area (Å²) in [5.74, 6) is -2.39. The summed E-state index contributed by atoms with van der Waals surface area (Å²) in [5, 5.41) is 14.4. The predicted molar refractivity (Wildman–Crippen MR) is 89.6 cm³/mol. The van der Waals surface area contributed by atoms with Gasteiger partial charge in [-0.1, -0.05) is 40.0 Å². The van der Waals surface area contributed by atoms with Gasteiger partial charge in [-0.05, 0) is 24.7 Å². The van der Waals surface area contributed by atoms with E-state index in [1.54, 1.807) is 6.92 Å². The average Bonchev–Trinajstić information content (AvgIpc) is 2.79. The van der Waals surface area contributed by atoms with Crippen LogP contribution in [0.2, 0.25) is 0 Å². The predicted octanol–water partition coefficient (Wildman–Crippen LogP) is 1.10. The van der Waals surface area contributed by atoms with Crippen LogP contribution in [-0.2, 0) is 14.4 Å². The maximum absolute atomic E-state index is 12.8. The summed E-state index contributed by atoms with van der Waals surface area (Å²) in [7, 11) is 0. The number of carbonyl (C=O) groups is 4. The Labute approximate surface area is 147 Å². The van der Waals surface area contributed by atoms with E-state index in [-0.39, 0.29) is 17.7 Å². The number of carboxylic acid groups (broad SMARTS) is 1. The van der Waals surface area contributed by atoms with Crippen molar-refractivity contribution in [2.75, 3.05) is 6.54 Å². The lowest BCUT2D eigenvalue weighted by atomic mass is 9.73.